The molecule has 0 fully saturated rings. The molecule has 0 radical (unpaired) electrons. The molecule has 0 spiro atoms. The van der Waals surface area contributed by atoms with Crippen LogP contribution in [0.5, 0.6) is 0 Å². The van der Waals surface area contributed by atoms with Crippen molar-refractivity contribution < 1.29 is 0 Å². The highest BCUT2D eigenvalue weighted by Gasteiger charge is 2.14. The van der Waals surface area contributed by atoms with Gasteiger partial charge in [0.2, 0.25) is 0 Å². The van der Waals surface area contributed by atoms with Gasteiger partial charge in [-0.05, 0) is 20.4 Å². The molecule has 1 heterocycles. The molecule has 0 saturated heterocycles. The molecule has 1 unspecified atom stereocenters. The number of hydrogen-bond acceptors (Lipinski definition) is 3. The lowest BCUT2D eigenvalue weighted by molar-refractivity contribution is 0.626. The van der Waals surface area contributed by atoms with Crippen LogP contribution in [0.1, 0.15) is 30.5 Å². The fourth-order valence-corrected chi connectivity index (χ4v) is 2.25. The minimum absolute atomic E-state index is 0.275. The Balaban J connectivity index is 2.88. The van der Waals surface area contributed by atoms with Crippen molar-refractivity contribution >= 4 is 11.3 Å². The minimum atomic E-state index is 0.275. The number of thiazole rings is 1. The Kier molecular flexibility index (Phi) is 3.63. The largest absolute Gasteiger partial charge is 0.306 e. The van der Waals surface area contributed by atoms with Gasteiger partial charge in [0.25, 0.3) is 0 Å². The summed E-state index contributed by atoms with van der Waals surface area (Å²) in [6, 6.07) is 0.275. The predicted octanol–water partition coefficient (Wildman–Crippen LogP) is 2.68. The number of nitrogens with zero attached hydrogens (tertiary/aromatic N) is 1. The number of nitrogens with one attached hydrogen (secondary N) is 1. The molecule has 2 nitrogen and oxygen atoms in total. The van der Waals surface area contributed by atoms with Crippen LogP contribution in [0.4, 0.5) is 0 Å². The summed E-state index contributed by atoms with van der Waals surface area (Å²) in [5, 5.41) is 3.40. The first-order valence-electron chi connectivity index (χ1n) is 4.45. The average molecular weight is 196 g/mol. The van der Waals surface area contributed by atoms with Gasteiger partial charge in [-0.25, -0.2) is 4.98 Å². The fraction of sp³-hybridized carbons (Fsp3) is 0.500. The van der Waals surface area contributed by atoms with Crippen molar-refractivity contribution in [2.75, 3.05) is 6.54 Å². The average Bonchev–Trinajstić information content (AvgIpc) is 2.47. The Labute approximate surface area is 83.7 Å². The van der Waals surface area contributed by atoms with Gasteiger partial charge in [-0.2, -0.15) is 0 Å². The Bertz CT molecular complexity index is 291. The van der Waals surface area contributed by atoms with E-state index >= 15 is 0 Å². The summed E-state index contributed by atoms with van der Waals surface area (Å²) in [6.07, 6.45) is 0. The maximum atomic E-state index is 4.24. The van der Waals surface area contributed by atoms with E-state index in [-0.39, 0.29) is 6.04 Å². The lowest BCUT2D eigenvalue weighted by Crippen LogP contribution is -2.21. The second-order valence-corrected chi connectivity index (χ2v) is 4.03. The van der Waals surface area contributed by atoms with E-state index in [0.717, 1.165) is 17.8 Å². The molecule has 0 aliphatic rings. The first-order chi connectivity index (χ1) is 6.16. The number of rotatable bonds is 4. The number of aromatic nitrogens is 1. The summed E-state index contributed by atoms with van der Waals surface area (Å²) in [7, 11) is 0. The molecular weight excluding hydrogens is 180 g/mol. The van der Waals surface area contributed by atoms with Crippen LogP contribution in [0.2, 0.25) is 0 Å². The SMILES string of the molecule is C=C(C)C(NCC)c1scnc1C. The molecule has 0 aromatic carbocycles. The van der Waals surface area contributed by atoms with Gasteiger partial charge in [0.1, 0.15) is 0 Å². The third-order valence-electron chi connectivity index (χ3n) is 1.95. The van der Waals surface area contributed by atoms with Crippen molar-refractivity contribution in [2.24, 2.45) is 0 Å². The van der Waals surface area contributed by atoms with Gasteiger partial charge in [0.15, 0.2) is 0 Å². The van der Waals surface area contributed by atoms with Gasteiger partial charge in [0.05, 0.1) is 17.2 Å². The summed E-state index contributed by atoms with van der Waals surface area (Å²) >= 11 is 1.69. The maximum absolute atomic E-state index is 4.24. The van der Waals surface area contributed by atoms with E-state index in [1.54, 1.807) is 11.3 Å². The van der Waals surface area contributed by atoms with E-state index in [0.29, 0.717) is 0 Å². The zero-order chi connectivity index (χ0) is 9.84. The third-order valence-corrected chi connectivity index (χ3v) is 2.94. The van der Waals surface area contributed by atoms with E-state index < -0.39 is 0 Å². The molecule has 0 aliphatic heterocycles. The van der Waals surface area contributed by atoms with Crippen molar-refractivity contribution in [1.29, 1.82) is 0 Å². The van der Waals surface area contributed by atoms with Crippen LogP contribution in [-0.4, -0.2) is 11.5 Å². The van der Waals surface area contributed by atoms with Crippen molar-refractivity contribution in [2.45, 2.75) is 26.8 Å². The first kappa shape index (κ1) is 10.4. The Hall–Kier alpha value is -0.670. The van der Waals surface area contributed by atoms with E-state index in [4.69, 9.17) is 0 Å². The summed E-state index contributed by atoms with van der Waals surface area (Å²) in [5.41, 5.74) is 4.14. The normalized spacial score (nSPS) is 12.8. The zero-order valence-electron chi connectivity index (χ0n) is 8.42. The summed E-state index contributed by atoms with van der Waals surface area (Å²) in [5.74, 6) is 0. The molecule has 13 heavy (non-hydrogen) atoms. The van der Waals surface area contributed by atoms with Crippen molar-refractivity contribution in [3.63, 3.8) is 0 Å². The minimum Gasteiger partial charge on any atom is -0.306 e. The van der Waals surface area contributed by atoms with Gasteiger partial charge in [-0.3, -0.25) is 0 Å². The number of hydrogen-bond donors (Lipinski definition) is 1. The fourth-order valence-electron chi connectivity index (χ4n) is 1.28. The highest BCUT2D eigenvalue weighted by atomic mass is 32.1. The summed E-state index contributed by atoms with van der Waals surface area (Å²) < 4.78 is 0. The molecule has 0 bridgehead atoms. The van der Waals surface area contributed by atoms with Crippen LogP contribution in [0.25, 0.3) is 0 Å². The van der Waals surface area contributed by atoms with Crippen LogP contribution < -0.4 is 5.32 Å². The summed E-state index contributed by atoms with van der Waals surface area (Å²) in [4.78, 5) is 5.53. The molecule has 3 heteroatoms. The van der Waals surface area contributed by atoms with Crippen LogP contribution in [0.3, 0.4) is 0 Å². The van der Waals surface area contributed by atoms with Gasteiger partial charge < -0.3 is 5.32 Å². The topological polar surface area (TPSA) is 24.9 Å². The van der Waals surface area contributed by atoms with Gasteiger partial charge >= 0.3 is 0 Å². The molecule has 1 rings (SSSR count). The molecule has 1 N–H and O–H groups in total. The zero-order valence-corrected chi connectivity index (χ0v) is 9.24. The van der Waals surface area contributed by atoms with Crippen LogP contribution in [0.15, 0.2) is 17.7 Å². The Morgan fingerprint density at radius 2 is 2.46 bits per heavy atom. The van der Waals surface area contributed by atoms with Gasteiger partial charge in [-0.15, -0.1) is 11.3 Å². The lowest BCUT2D eigenvalue weighted by atomic mass is 10.1. The highest BCUT2D eigenvalue weighted by Crippen LogP contribution is 2.26. The Morgan fingerprint density at radius 1 is 1.77 bits per heavy atom. The second-order valence-electron chi connectivity index (χ2n) is 3.14. The molecule has 0 amide bonds. The van der Waals surface area contributed by atoms with Crippen molar-refractivity contribution in [3.05, 3.63) is 28.2 Å². The van der Waals surface area contributed by atoms with E-state index in [1.165, 1.54) is 4.88 Å². The van der Waals surface area contributed by atoms with Crippen LogP contribution in [0, 0.1) is 6.92 Å². The molecule has 1 atom stereocenters. The lowest BCUT2D eigenvalue weighted by Gasteiger charge is -2.16. The van der Waals surface area contributed by atoms with E-state index in [9.17, 15) is 0 Å². The number of aryl methyl sites for hydroxylation is 1. The van der Waals surface area contributed by atoms with E-state index in [2.05, 4.69) is 23.8 Å². The molecule has 72 valence electrons. The quantitative estimate of drug-likeness (QED) is 0.749. The van der Waals surface area contributed by atoms with Crippen LogP contribution >= 0.6 is 11.3 Å². The smallest absolute Gasteiger partial charge is 0.0798 e. The second kappa shape index (κ2) is 4.53. The monoisotopic (exact) mass is 196 g/mol. The maximum Gasteiger partial charge on any atom is 0.0798 e. The van der Waals surface area contributed by atoms with Gasteiger partial charge in [0, 0.05) is 4.88 Å². The van der Waals surface area contributed by atoms with Crippen molar-refractivity contribution in [3.8, 4) is 0 Å². The van der Waals surface area contributed by atoms with E-state index in [1.807, 2.05) is 19.4 Å². The van der Waals surface area contributed by atoms with Crippen LogP contribution in [-0.2, 0) is 0 Å². The van der Waals surface area contributed by atoms with Gasteiger partial charge in [-0.1, -0.05) is 19.1 Å². The molecule has 1 aromatic heterocycles. The predicted molar refractivity (Wildman–Crippen MR) is 58.1 cm³/mol. The number of likely N-dealkylation sites (N-methyl/N-ethyl adjacent to an activating group) is 1. The van der Waals surface area contributed by atoms with Crippen molar-refractivity contribution in [1.82, 2.24) is 10.3 Å². The summed E-state index contributed by atoms with van der Waals surface area (Å²) in [6.45, 7) is 11.1. The molecule has 1 aromatic rings. The first-order valence-corrected chi connectivity index (χ1v) is 5.33. The molecule has 0 aliphatic carbocycles. The molecular formula is C10H16N2S. The Morgan fingerprint density at radius 3 is 2.85 bits per heavy atom. The third kappa shape index (κ3) is 2.39. The highest BCUT2D eigenvalue weighted by molar-refractivity contribution is 7.09. The molecule has 0 saturated carbocycles. The standard InChI is InChI=1S/C10H16N2S/c1-5-11-9(7(2)3)10-8(4)12-6-13-10/h6,9,11H,2,5H2,1,3-4H3.